The van der Waals surface area contributed by atoms with Crippen LogP contribution in [0.4, 0.5) is 10.5 Å². The van der Waals surface area contributed by atoms with Gasteiger partial charge in [0.1, 0.15) is 47.9 Å². The van der Waals surface area contributed by atoms with E-state index in [1.165, 1.54) is 0 Å². The molecule has 3 N–H and O–H groups in total. The second kappa shape index (κ2) is 17.7. The molecule has 1 aromatic heterocycles. The van der Waals surface area contributed by atoms with Gasteiger partial charge in [0.2, 0.25) is 5.91 Å². The van der Waals surface area contributed by atoms with Crippen molar-refractivity contribution in [1.82, 2.24) is 25.2 Å². The van der Waals surface area contributed by atoms with Crippen molar-refractivity contribution in [3.63, 3.8) is 0 Å². The molecule has 7 atom stereocenters. The minimum Gasteiger partial charge on any atom is -0.491 e. The molecule has 3 aliphatic heterocycles. The number of aliphatic hydroxyl groups excluding tert-OH is 1. The van der Waals surface area contributed by atoms with E-state index in [9.17, 15) is 19.8 Å². The zero-order valence-corrected chi connectivity index (χ0v) is 36.2. The number of cyclic esters (lactones) is 1. The predicted molar refractivity (Wildman–Crippen MR) is 246 cm³/mol. The highest BCUT2D eigenvalue weighted by Gasteiger charge is 2.76. The van der Waals surface area contributed by atoms with Crippen molar-refractivity contribution in [2.24, 2.45) is 5.92 Å². The fraction of sp³-hybridized carbons (Fsp3) is 0.208. The number of carbonyl (C=O) groups is 4. The molecule has 7 aromatic rings. The van der Waals surface area contributed by atoms with E-state index in [0.717, 1.165) is 16.0 Å². The van der Waals surface area contributed by atoms with Gasteiger partial charge in [-0.25, -0.2) is 14.4 Å². The molecule has 0 unspecified atom stereocenters. The molecular weight excluding hydrogens is 849 g/mol. The first-order chi connectivity index (χ1) is 32.7. The number of para-hydroxylation sites is 2. The Morgan fingerprint density at radius 2 is 1.51 bits per heavy atom. The standard InChI is InChI=1S/C53H44N6O8/c1-33(35-17-5-2-6-18-35)54-52(65)58-41-28-27-34(16-15-29-57-42-25-13-12-24-40(42)55-56-57)32-39(41)53(51(58)64)44(49(61)62)46-50(63)67-47(37-21-9-4-10-22-37)45(36-19-7-3-8-20-36)59(46)48(53)38-23-11-14-26-43(38)66-31-30-60/h2-14,17-28,32-33,44-48,60H,29-31H2,1H3,(H,54,65)(H,61,62)/t33-,44+,45+,46+,47-,48-,53+/m1/s1. The lowest BCUT2D eigenvalue weighted by Crippen LogP contribution is -2.54. The zero-order valence-electron chi connectivity index (χ0n) is 36.2. The first-order valence-electron chi connectivity index (χ1n) is 22.0. The molecule has 2 saturated heterocycles. The Balaban J connectivity index is 1.23. The van der Waals surface area contributed by atoms with Crippen molar-refractivity contribution in [3.05, 3.63) is 191 Å². The lowest BCUT2D eigenvalue weighted by molar-refractivity contribution is -0.179. The third kappa shape index (κ3) is 7.25. The molecular formula is C53H44N6O8. The van der Waals surface area contributed by atoms with E-state index in [4.69, 9.17) is 9.47 Å². The van der Waals surface area contributed by atoms with Crippen LogP contribution < -0.4 is 15.0 Å². The Morgan fingerprint density at radius 1 is 0.836 bits per heavy atom. The van der Waals surface area contributed by atoms with Gasteiger partial charge in [-0.05, 0) is 65.6 Å². The molecule has 6 aromatic carbocycles. The fourth-order valence-electron chi connectivity index (χ4n) is 10.3. The van der Waals surface area contributed by atoms with Crippen LogP contribution in [0, 0.1) is 17.8 Å². The fourth-order valence-corrected chi connectivity index (χ4v) is 10.3. The molecule has 1 spiro atoms. The van der Waals surface area contributed by atoms with Gasteiger partial charge in [0.15, 0.2) is 0 Å². The zero-order chi connectivity index (χ0) is 46.2. The molecule has 3 aliphatic rings. The third-order valence-corrected chi connectivity index (χ3v) is 13.0. The maximum absolute atomic E-state index is 16.3. The number of hydrogen-bond donors (Lipinski definition) is 3. The van der Waals surface area contributed by atoms with Gasteiger partial charge >= 0.3 is 18.0 Å². The summed E-state index contributed by atoms with van der Waals surface area (Å²) in [4.78, 5) is 63.5. The van der Waals surface area contributed by atoms with Gasteiger partial charge in [-0.3, -0.25) is 19.3 Å². The minimum atomic E-state index is -2.21. The highest BCUT2D eigenvalue weighted by atomic mass is 16.6. The number of anilines is 1. The van der Waals surface area contributed by atoms with E-state index in [-0.39, 0.29) is 36.8 Å². The number of nitrogens with zero attached hydrogens (tertiary/aromatic N) is 5. The quantitative estimate of drug-likeness (QED) is 0.0946. The molecule has 0 aliphatic carbocycles. The second-order valence-corrected chi connectivity index (χ2v) is 16.7. The van der Waals surface area contributed by atoms with Crippen LogP contribution in [0.5, 0.6) is 5.75 Å². The van der Waals surface area contributed by atoms with Crippen LogP contribution in [0.3, 0.4) is 0 Å². The van der Waals surface area contributed by atoms with E-state index in [2.05, 4.69) is 27.5 Å². The number of aromatic nitrogens is 3. The van der Waals surface area contributed by atoms with Gasteiger partial charge in [-0.15, -0.1) is 5.10 Å². The van der Waals surface area contributed by atoms with E-state index in [0.29, 0.717) is 27.8 Å². The van der Waals surface area contributed by atoms with E-state index < -0.39 is 65.5 Å². The van der Waals surface area contributed by atoms with Crippen LogP contribution in [0.1, 0.15) is 64.5 Å². The van der Waals surface area contributed by atoms with E-state index in [1.807, 2.05) is 115 Å². The summed E-state index contributed by atoms with van der Waals surface area (Å²) in [7, 11) is 0. The van der Waals surface area contributed by atoms with Crippen LogP contribution in [-0.4, -0.2) is 73.2 Å². The second-order valence-electron chi connectivity index (χ2n) is 16.7. The maximum atomic E-state index is 16.3. The average Bonchev–Trinajstić information content (AvgIpc) is 4.00. The Morgan fingerprint density at radius 3 is 2.24 bits per heavy atom. The Kier molecular flexibility index (Phi) is 11.3. The van der Waals surface area contributed by atoms with Crippen LogP contribution in [0.25, 0.3) is 11.0 Å². The monoisotopic (exact) mass is 892 g/mol. The van der Waals surface area contributed by atoms with Gasteiger partial charge in [0.25, 0.3) is 0 Å². The number of aliphatic hydroxyl groups is 1. The molecule has 67 heavy (non-hydrogen) atoms. The Labute approximate surface area is 385 Å². The molecule has 2 fully saturated rings. The number of esters is 1. The number of ether oxygens (including phenoxy) is 2. The molecule has 3 amide bonds. The minimum absolute atomic E-state index is 0.128. The number of benzene rings is 6. The van der Waals surface area contributed by atoms with Gasteiger partial charge in [0, 0.05) is 11.1 Å². The van der Waals surface area contributed by atoms with Gasteiger partial charge in [-0.2, -0.15) is 0 Å². The van der Waals surface area contributed by atoms with Crippen molar-refractivity contribution >= 4 is 40.6 Å². The van der Waals surface area contributed by atoms with Crippen LogP contribution in [0.15, 0.2) is 158 Å². The summed E-state index contributed by atoms with van der Waals surface area (Å²) in [5.74, 6) is 1.60. The maximum Gasteiger partial charge on any atom is 0.329 e. The predicted octanol–water partition coefficient (Wildman–Crippen LogP) is 7.08. The summed E-state index contributed by atoms with van der Waals surface area (Å²) in [6, 6.07) is 41.9. The molecule has 14 heteroatoms. The largest absolute Gasteiger partial charge is 0.491 e. The summed E-state index contributed by atoms with van der Waals surface area (Å²) in [6.45, 7) is 1.48. The third-order valence-electron chi connectivity index (χ3n) is 13.0. The van der Waals surface area contributed by atoms with Crippen molar-refractivity contribution in [2.45, 2.75) is 49.2 Å². The normalized spacial score (nSPS) is 22.4. The number of hydrogen-bond acceptors (Lipinski definition) is 10. The molecule has 334 valence electrons. The first kappa shape index (κ1) is 42.8. The number of imide groups is 1. The number of urea groups is 1. The molecule has 0 saturated carbocycles. The number of carboxylic acids is 1. The van der Waals surface area contributed by atoms with Crippen molar-refractivity contribution in [2.75, 3.05) is 18.1 Å². The van der Waals surface area contributed by atoms with Crippen molar-refractivity contribution in [1.29, 1.82) is 0 Å². The smallest absolute Gasteiger partial charge is 0.329 e. The van der Waals surface area contributed by atoms with Crippen LogP contribution in [0.2, 0.25) is 0 Å². The van der Waals surface area contributed by atoms with Crippen molar-refractivity contribution in [3.8, 4) is 17.6 Å². The first-order valence-corrected chi connectivity index (χ1v) is 22.0. The summed E-state index contributed by atoms with van der Waals surface area (Å²) in [5.41, 5.74) is 2.47. The number of aliphatic carboxylic acids is 1. The number of carbonyl (C=O) groups excluding carboxylic acids is 3. The Hall–Kier alpha value is -8.12. The van der Waals surface area contributed by atoms with E-state index >= 15 is 9.59 Å². The molecule has 0 radical (unpaired) electrons. The highest BCUT2D eigenvalue weighted by molar-refractivity contribution is 6.24. The topological polar surface area (TPSA) is 176 Å². The van der Waals surface area contributed by atoms with Crippen LogP contribution in [-0.2, 0) is 31.1 Å². The summed E-state index contributed by atoms with van der Waals surface area (Å²) >= 11 is 0. The number of morpholine rings is 1. The number of fused-ring (bicyclic) bond motifs is 4. The number of carboxylic acid groups (broad SMARTS) is 1. The van der Waals surface area contributed by atoms with Crippen LogP contribution >= 0.6 is 0 Å². The van der Waals surface area contributed by atoms with Gasteiger partial charge in [-0.1, -0.05) is 138 Å². The number of nitrogens with one attached hydrogen (secondary N) is 1. The molecule has 4 heterocycles. The molecule has 10 rings (SSSR count). The summed E-state index contributed by atoms with van der Waals surface area (Å²) in [5, 5.41) is 33.3. The number of amides is 3. The van der Waals surface area contributed by atoms with E-state index in [1.54, 1.807) is 59.0 Å². The summed E-state index contributed by atoms with van der Waals surface area (Å²) < 4.78 is 14.3. The SMILES string of the molecule is C[C@@H](NC(=O)N1C(=O)[C@@]2(c3cc(C#CCn4nnc5ccccc54)ccc31)[C@H](C(=O)O)[C@H]1C(=O)O[C@H](c3ccccc3)[C@H](c3ccccc3)N1[C@@H]2c1ccccc1OCCO)c1ccccc1. The summed E-state index contributed by atoms with van der Waals surface area (Å²) in [6.07, 6.45) is -0.975. The average molecular weight is 893 g/mol. The highest BCUT2D eigenvalue weighted by Crippen LogP contribution is 2.66. The van der Waals surface area contributed by atoms with Gasteiger partial charge < -0.3 is 25.0 Å². The van der Waals surface area contributed by atoms with Crippen molar-refractivity contribution < 1.29 is 38.9 Å². The lowest BCUT2D eigenvalue weighted by atomic mass is 9.65. The Bertz CT molecular complexity index is 3080. The van der Waals surface area contributed by atoms with Gasteiger partial charge in [0.05, 0.1) is 35.9 Å². The molecule has 0 bridgehead atoms. The molecule has 14 nitrogen and oxygen atoms in total. The number of rotatable bonds is 10. The lowest BCUT2D eigenvalue weighted by Gasteiger charge is -2.46.